The van der Waals surface area contributed by atoms with Crippen LogP contribution in [-0.4, -0.2) is 34.7 Å². The fourth-order valence-electron chi connectivity index (χ4n) is 2.61. The normalized spacial score (nSPS) is 10.6. The topological polar surface area (TPSA) is 116 Å². The molecule has 2 amide bonds. The molecule has 0 aliphatic heterocycles. The lowest BCUT2D eigenvalue weighted by Crippen LogP contribution is -2.36. The van der Waals surface area contributed by atoms with Crippen molar-refractivity contribution in [2.24, 2.45) is 5.73 Å². The second-order valence-corrected chi connectivity index (χ2v) is 6.31. The SMILES string of the molecule is NC(=O)c1nn(CC(=O)NCCOc2ccc(Cl)cc2)c(=O)c2ccccc12. The highest BCUT2D eigenvalue weighted by molar-refractivity contribution is 6.30. The molecule has 0 saturated heterocycles. The number of nitrogens with two attached hydrogens (primary N) is 1. The molecule has 1 heterocycles. The number of nitrogens with one attached hydrogen (secondary N) is 1. The summed E-state index contributed by atoms with van der Waals surface area (Å²) in [5.74, 6) is -0.598. The van der Waals surface area contributed by atoms with Gasteiger partial charge in [0.2, 0.25) is 5.91 Å². The lowest BCUT2D eigenvalue weighted by Gasteiger charge is -2.10. The molecule has 0 fully saturated rings. The molecule has 1 aromatic heterocycles. The molecule has 9 heteroatoms. The third-order valence-corrected chi connectivity index (χ3v) is 4.15. The molecule has 3 rings (SSSR count). The van der Waals surface area contributed by atoms with Gasteiger partial charge in [0.25, 0.3) is 11.5 Å². The van der Waals surface area contributed by atoms with Gasteiger partial charge in [0.15, 0.2) is 5.69 Å². The van der Waals surface area contributed by atoms with E-state index in [9.17, 15) is 14.4 Å². The fourth-order valence-corrected chi connectivity index (χ4v) is 2.73. The van der Waals surface area contributed by atoms with Crippen LogP contribution in [0, 0.1) is 0 Å². The molecule has 3 aromatic rings. The first-order valence-electron chi connectivity index (χ1n) is 8.40. The van der Waals surface area contributed by atoms with Gasteiger partial charge >= 0.3 is 0 Å². The number of hydrogen-bond acceptors (Lipinski definition) is 5. The summed E-state index contributed by atoms with van der Waals surface area (Å²) in [6.45, 7) is 0.122. The van der Waals surface area contributed by atoms with Crippen LogP contribution in [0.3, 0.4) is 0 Å². The van der Waals surface area contributed by atoms with E-state index in [1.54, 1.807) is 48.5 Å². The fraction of sp³-hybridized carbons (Fsp3) is 0.158. The number of primary amides is 1. The van der Waals surface area contributed by atoms with Crippen molar-refractivity contribution in [1.82, 2.24) is 15.1 Å². The summed E-state index contributed by atoms with van der Waals surface area (Å²) in [4.78, 5) is 36.3. The van der Waals surface area contributed by atoms with E-state index in [0.29, 0.717) is 16.2 Å². The Bertz CT molecular complexity index is 1080. The molecule has 0 atom stereocenters. The average Bonchev–Trinajstić information content (AvgIpc) is 2.68. The number of hydrogen-bond donors (Lipinski definition) is 2. The predicted octanol–water partition coefficient (Wildman–Crippen LogP) is 1.34. The molecule has 3 N–H and O–H groups in total. The largest absolute Gasteiger partial charge is 0.492 e. The Labute approximate surface area is 164 Å². The number of nitrogens with zero attached hydrogens (tertiary/aromatic N) is 2. The monoisotopic (exact) mass is 400 g/mol. The van der Waals surface area contributed by atoms with Gasteiger partial charge in [-0.2, -0.15) is 5.10 Å². The Hall–Kier alpha value is -3.39. The number of aromatic nitrogens is 2. The zero-order chi connectivity index (χ0) is 20.1. The number of amides is 2. The smallest absolute Gasteiger partial charge is 0.275 e. The van der Waals surface area contributed by atoms with Crippen molar-refractivity contribution in [2.45, 2.75) is 6.54 Å². The molecule has 2 aromatic carbocycles. The van der Waals surface area contributed by atoms with Crippen LogP contribution >= 0.6 is 11.6 Å². The molecule has 0 saturated carbocycles. The minimum atomic E-state index is -0.776. The van der Waals surface area contributed by atoms with E-state index in [4.69, 9.17) is 22.1 Å². The highest BCUT2D eigenvalue weighted by Crippen LogP contribution is 2.15. The van der Waals surface area contributed by atoms with Gasteiger partial charge in [-0.3, -0.25) is 14.4 Å². The molecule has 8 nitrogen and oxygen atoms in total. The maximum absolute atomic E-state index is 12.5. The summed E-state index contributed by atoms with van der Waals surface area (Å²) >= 11 is 5.80. The maximum atomic E-state index is 12.5. The number of benzene rings is 2. The standard InChI is InChI=1S/C19H17ClN4O4/c20-12-5-7-13(8-6-12)28-10-9-22-16(25)11-24-19(27)15-4-2-1-3-14(15)17(23-24)18(21)26/h1-8H,9-11H2,(H2,21,26)(H,22,25). The number of carbonyl (C=O) groups is 2. The highest BCUT2D eigenvalue weighted by Gasteiger charge is 2.15. The van der Waals surface area contributed by atoms with Gasteiger partial charge in [-0.15, -0.1) is 0 Å². The van der Waals surface area contributed by atoms with Crippen LogP contribution in [0.5, 0.6) is 5.75 Å². The van der Waals surface area contributed by atoms with E-state index in [2.05, 4.69) is 10.4 Å². The van der Waals surface area contributed by atoms with E-state index in [1.807, 2.05) is 0 Å². The van der Waals surface area contributed by atoms with Crippen molar-refractivity contribution in [3.63, 3.8) is 0 Å². The van der Waals surface area contributed by atoms with Crippen molar-refractivity contribution in [3.8, 4) is 5.75 Å². The van der Waals surface area contributed by atoms with Crippen LogP contribution in [0.4, 0.5) is 0 Å². The van der Waals surface area contributed by atoms with Crippen molar-refractivity contribution in [2.75, 3.05) is 13.2 Å². The molecule has 0 aliphatic rings. The number of ether oxygens (including phenoxy) is 1. The first-order chi connectivity index (χ1) is 13.5. The quantitative estimate of drug-likeness (QED) is 0.580. The van der Waals surface area contributed by atoms with Gasteiger partial charge in [-0.05, 0) is 30.3 Å². The van der Waals surface area contributed by atoms with Crippen molar-refractivity contribution < 1.29 is 14.3 Å². The molecule has 144 valence electrons. The summed E-state index contributed by atoms with van der Waals surface area (Å²) in [6, 6.07) is 13.3. The zero-order valence-corrected chi connectivity index (χ0v) is 15.5. The first-order valence-corrected chi connectivity index (χ1v) is 8.78. The van der Waals surface area contributed by atoms with Gasteiger partial charge < -0.3 is 15.8 Å². The number of fused-ring (bicyclic) bond motifs is 1. The average molecular weight is 401 g/mol. The second kappa shape index (κ2) is 8.53. The second-order valence-electron chi connectivity index (χ2n) is 5.87. The molecular weight excluding hydrogens is 384 g/mol. The Morgan fingerprint density at radius 1 is 1.11 bits per heavy atom. The summed E-state index contributed by atoms with van der Waals surface area (Å²) in [5.41, 5.74) is 4.81. The predicted molar refractivity (Wildman–Crippen MR) is 104 cm³/mol. The van der Waals surface area contributed by atoms with E-state index >= 15 is 0 Å². The lowest BCUT2D eigenvalue weighted by atomic mass is 10.1. The minimum absolute atomic E-state index is 0.0610. The number of carbonyl (C=O) groups excluding carboxylic acids is 2. The van der Waals surface area contributed by atoms with Gasteiger partial charge in [0.05, 0.1) is 11.9 Å². The Morgan fingerprint density at radius 2 is 1.79 bits per heavy atom. The van der Waals surface area contributed by atoms with Gasteiger partial charge in [-0.25, -0.2) is 4.68 Å². The lowest BCUT2D eigenvalue weighted by molar-refractivity contribution is -0.122. The molecule has 0 bridgehead atoms. The van der Waals surface area contributed by atoms with E-state index in [1.165, 1.54) is 0 Å². The summed E-state index contributed by atoms with van der Waals surface area (Å²) in [5, 5.41) is 7.80. The van der Waals surface area contributed by atoms with Crippen LogP contribution in [0.1, 0.15) is 10.5 Å². The molecule has 0 spiro atoms. The molecular formula is C19H17ClN4O4. The molecule has 28 heavy (non-hydrogen) atoms. The Morgan fingerprint density at radius 3 is 2.46 bits per heavy atom. The first kappa shape index (κ1) is 19.4. The summed E-state index contributed by atoms with van der Waals surface area (Å²) in [7, 11) is 0. The van der Waals surface area contributed by atoms with Crippen molar-refractivity contribution >= 4 is 34.2 Å². The van der Waals surface area contributed by atoms with Crippen LogP contribution in [0.25, 0.3) is 10.8 Å². The van der Waals surface area contributed by atoms with E-state index < -0.39 is 17.4 Å². The van der Waals surface area contributed by atoms with Gasteiger partial charge in [0.1, 0.15) is 18.9 Å². The van der Waals surface area contributed by atoms with E-state index in [0.717, 1.165) is 4.68 Å². The molecule has 0 radical (unpaired) electrons. The third kappa shape index (κ3) is 4.47. The summed E-state index contributed by atoms with van der Waals surface area (Å²) in [6.07, 6.45) is 0. The van der Waals surface area contributed by atoms with Crippen LogP contribution in [-0.2, 0) is 11.3 Å². The van der Waals surface area contributed by atoms with Gasteiger partial charge in [-0.1, -0.05) is 29.8 Å². The molecule has 0 unspecified atom stereocenters. The van der Waals surface area contributed by atoms with Crippen molar-refractivity contribution in [3.05, 3.63) is 69.6 Å². The highest BCUT2D eigenvalue weighted by atomic mass is 35.5. The number of rotatable bonds is 7. The Balaban J connectivity index is 1.64. The third-order valence-electron chi connectivity index (χ3n) is 3.90. The van der Waals surface area contributed by atoms with Gasteiger partial charge in [0, 0.05) is 10.4 Å². The number of halogens is 1. The van der Waals surface area contributed by atoms with E-state index in [-0.39, 0.29) is 30.8 Å². The van der Waals surface area contributed by atoms with Crippen LogP contribution < -0.4 is 21.3 Å². The summed E-state index contributed by atoms with van der Waals surface area (Å²) < 4.78 is 6.40. The van der Waals surface area contributed by atoms with Crippen molar-refractivity contribution in [1.29, 1.82) is 0 Å². The minimum Gasteiger partial charge on any atom is -0.492 e. The zero-order valence-electron chi connectivity index (χ0n) is 14.7. The van der Waals surface area contributed by atoms with Crippen LogP contribution in [0.2, 0.25) is 5.02 Å². The molecule has 0 aliphatic carbocycles. The maximum Gasteiger partial charge on any atom is 0.275 e. The van der Waals surface area contributed by atoms with Crippen LogP contribution in [0.15, 0.2) is 53.3 Å². The Kier molecular flexibility index (Phi) is 5.90.